The zero-order valence-corrected chi connectivity index (χ0v) is 7.49. The summed E-state index contributed by atoms with van der Waals surface area (Å²) in [6.45, 7) is 0.810. The van der Waals surface area contributed by atoms with Gasteiger partial charge in [0.15, 0.2) is 5.82 Å². The van der Waals surface area contributed by atoms with E-state index in [1.54, 1.807) is 0 Å². The van der Waals surface area contributed by atoms with Gasteiger partial charge in [-0.25, -0.2) is 0 Å². The molecule has 1 aromatic rings. The third-order valence-electron chi connectivity index (χ3n) is 1.36. The van der Waals surface area contributed by atoms with E-state index in [0.717, 1.165) is 0 Å². The molecule has 2 N–H and O–H groups in total. The first-order valence-electron chi connectivity index (χ1n) is 3.99. The van der Waals surface area contributed by atoms with Crippen molar-refractivity contribution >= 4 is 5.91 Å². The minimum Gasteiger partial charge on any atom is -0.348 e. The number of rotatable bonds is 5. The van der Waals surface area contributed by atoms with Crippen LogP contribution in [0, 0.1) is 12.3 Å². The van der Waals surface area contributed by atoms with Crippen LogP contribution in [0.3, 0.4) is 0 Å². The molecule has 0 fully saturated rings. The Labute approximate surface area is 81.1 Å². The summed E-state index contributed by atoms with van der Waals surface area (Å²) in [6.07, 6.45) is 6.20. The second kappa shape index (κ2) is 5.72. The fourth-order valence-corrected chi connectivity index (χ4v) is 0.759. The van der Waals surface area contributed by atoms with Crippen LogP contribution in [-0.4, -0.2) is 29.1 Å². The molecule has 0 aromatic carbocycles. The summed E-state index contributed by atoms with van der Waals surface area (Å²) in [5.74, 6) is 2.64. The summed E-state index contributed by atoms with van der Waals surface area (Å²) in [4.78, 5) is 14.8. The van der Waals surface area contributed by atoms with E-state index in [4.69, 9.17) is 6.42 Å². The van der Waals surface area contributed by atoms with Crippen molar-refractivity contribution in [3.63, 3.8) is 0 Å². The lowest BCUT2D eigenvalue weighted by Gasteiger charge is -2.01. The molecule has 0 bridgehead atoms. The average molecular weight is 194 g/mol. The summed E-state index contributed by atoms with van der Waals surface area (Å²) < 4.78 is 4.49. The lowest BCUT2D eigenvalue weighted by molar-refractivity contribution is -0.120. The van der Waals surface area contributed by atoms with Crippen molar-refractivity contribution in [2.24, 2.45) is 0 Å². The third-order valence-corrected chi connectivity index (χ3v) is 1.36. The Morgan fingerprint density at radius 2 is 2.57 bits per heavy atom. The summed E-state index contributed by atoms with van der Waals surface area (Å²) in [5.41, 5.74) is 0. The number of carbonyl (C=O) groups is 1. The monoisotopic (exact) mass is 194 g/mol. The molecular formula is C8H10N4O2. The van der Waals surface area contributed by atoms with Gasteiger partial charge in [-0.1, -0.05) is 11.1 Å². The van der Waals surface area contributed by atoms with Crippen molar-refractivity contribution in [1.82, 2.24) is 20.8 Å². The molecule has 1 aromatic heterocycles. The number of carbonyl (C=O) groups excluding carboxylic acids is 1. The van der Waals surface area contributed by atoms with Crippen LogP contribution < -0.4 is 10.6 Å². The molecule has 0 aliphatic carbocycles. The van der Waals surface area contributed by atoms with Gasteiger partial charge < -0.3 is 9.84 Å². The molecule has 0 spiro atoms. The van der Waals surface area contributed by atoms with E-state index in [2.05, 4.69) is 31.2 Å². The van der Waals surface area contributed by atoms with Gasteiger partial charge in [0.05, 0.1) is 19.6 Å². The second-order valence-electron chi connectivity index (χ2n) is 2.43. The van der Waals surface area contributed by atoms with Gasteiger partial charge in [-0.15, -0.1) is 6.42 Å². The highest BCUT2D eigenvalue weighted by Gasteiger charge is 2.02. The van der Waals surface area contributed by atoms with Gasteiger partial charge in [0, 0.05) is 0 Å². The van der Waals surface area contributed by atoms with Crippen LogP contribution in [-0.2, 0) is 11.3 Å². The minimum atomic E-state index is -0.162. The molecule has 0 aliphatic heterocycles. The normalized spacial score (nSPS) is 9.36. The highest BCUT2D eigenvalue weighted by atomic mass is 16.5. The average Bonchev–Trinajstić information content (AvgIpc) is 2.68. The Hall–Kier alpha value is -1.87. The van der Waals surface area contributed by atoms with Gasteiger partial charge in [-0.3, -0.25) is 10.1 Å². The molecule has 6 heteroatoms. The maximum absolute atomic E-state index is 11.1. The Morgan fingerprint density at radius 3 is 3.21 bits per heavy atom. The van der Waals surface area contributed by atoms with Gasteiger partial charge in [-0.2, -0.15) is 4.98 Å². The van der Waals surface area contributed by atoms with Crippen molar-refractivity contribution in [1.29, 1.82) is 0 Å². The molecule has 0 saturated carbocycles. The molecule has 1 heterocycles. The second-order valence-corrected chi connectivity index (χ2v) is 2.43. The Bertz CT molecular complexity index is 315. The number of amides is 1. The fourth-order valence-electron chi connectivity index (χ4n) is 0.759. The van der Waals surface area contributed by atoms with Crippen LogP contribution in [0.25, 0.3) is 0 Å². The summed E-state index contributed by atoms with van der Waals surface area (Å²) in [6, 6.07) is 0. The van der Waals surface area contributed by atoms with E-state index in [1.807, 2.05) is 0 Å². The molecule has 1 rings (SSSR count). The van der Waals surface area contributed by atoms with Crippen molar-refractivity contribution in [3.8, 4) is 12.3 Å². The lowest BCUT2D eigenvalue weighted by Crippen LogP contribution is -2.33. The van der Waals surface area contributed by atoms with E-state index in [0.29, 0.717) is 12.4 Å². The number of nitrogens with zero attached hydrogens (tertiary/aromatic N) is 2. The molecule has 6 nitrogen and oxygen atoms in total. The highest BCUT2D eigenvalue weighted by Crippen LogP contribution is 1.85. The molecule has 0 atom stereocenters. The predicted molar refractivity (Wildman–Crippen MR) is 47.8 cm³/mol. The zero-order valence-electron chi connectivity index (χ0n) is 7.49. The maximum atomic E-state index is 11.1. The standard InChI is InChI=1S/C8H10N4O2/c1-2-3-9-5-8(13)10-4-7-11-6-14-12-7/h1,6,9H,3-5H2,(H,10,13). The molecule has 0 radical (unpaired) electrons. The summed E-state index contributed by atoms with van der Waals surface area (Å²) >= 11 is 0. The van der Waals surface area contributed by atoms with Gasteiger partial charge in [-0.05, 0) is 0 Å². The van der Waals surface area contributed by atoms with Crippen LogP contribution in [0.1, 0.15) is 5.82 Å². The number of hydrogen-bond acceptors (Lipinski definition) is 5. The van der Waals surface area contributed by atoms with Crippen molar-refractivity contribution in [2.75, 3.05) is 13.1 Å². The predicted octanol–water partition coefficient (Wildman–Crippen LogP) is -1.09. The molecule has 1 amide bonds. The van der Waals surface area contributed by atoms with Crippen LogP contribution in [0.5, 0.6) is 0 Å². The van der Waals surface area contributed by atoms with Gasteiger partial charge in [0.2, 0.25) is 12.3 Å². The number of nitrogens with one attached hydrogen (secondary N) is 2. The number of terminal acetylenes is 1. The highest BCUT2D eigenvalue weighted by molar-refractivity contribution is 5.77. The Kier molecular flexibility index (Phi) is 4.17. The quantitative estimate of drug-likeness (QED) is 0.460. The van der Waals surface area contributed by atoms with Gasteiger partial charge in [0.1, 0.15) is 0 Å². The zero-order chi connectivity index (χ0) is 10.2. The van der Waals surface area contributed by atoms with Crippen molar-refractivity contribution in [3.05, 3.63) is 12.2 Å². The Morgan fingerprint density at radius 1 is 1.71 bits per heavy atom. The van der Waals surface area contributed by atoms with E-state index in [-0.39, 0.29) is 19.0 Å². The smallest absolute Gasteiger partial charge is 0.234 e. The van der Waals surface area contributed by atoms with Crippen molar-refractivity contribution < 1.29 is 9.32 Å². The van der Waals surface area contributed by atoms with Crippen LogP contribution in [0.2, 0.25) is 0 Å². The van der Waals surface area contributed by atoms with Crippen LogP contribution in [0.4, 0.5) is 0 Å². The van der Waals surface area contributed by atoms with E-state index < -0.39 is 0 Å². The molecule has 74 valence electrons. The van der Waals surface area contributed by atoms with E-state index >= 15 is 0 Å². The first-order valence-corrected chi connectivity index (χ1v) is 3.99. The lowest BCUT2D eigenvalue weighted by atomic mass is 10.5. The number of hydrogen-bond donors (Lipinski definition) is 2. The number of aromatic nitrogens is 2. The van der Waals surface area contributed by atoms with Crippen molar-refractivity contribution in [2.45, 2.75) is 6.54 Å². The Balaban J connectivity index is 2.13. The van der Waals surface area contributed by atoms with Gasteiger partial charge >= 0.3 is 0 Å². The van der Waals surface area contributed by atoms with Gasteiger partial charge in [0.25, 0.3) is 0 Å². The van der Waals surface area contributed by atoms with Crippen LogP contribution >= 0.6 is 0 Å². The van der Waals surface area contributed by atoms with E-state index in [9.17, 15) is 4.79 Å². The first kappa shape index (κ1) is 10.2. The molecular weight excluding hydrogens is 184 g/mol. The molecule has 0 saturated heterocycles. The van der Waals surface area contributed by atoms with Crippen LogP contribution in [0.15, 0.2) is 10.9 Å². The summed E-state index contributed by atoms with van der Waals surface area (Å²) in [7, 11) is 0. The SMILES string of the molecule is C#CCNCC(=O)NCc1ncon1. The molecule has 0 unspecified atom stereocenters. The molecule has 14 heavy (non-hydrogen) atoms. The fraction of sp³-hybridized carbons (Fsp3) is 0.375. The topological polar surface area (TPSA) is 80.0 Å². The largest absolute Gasteiger partial charge is 0.348 e. The minimum absolute atomic E-state index is 0.162. The third kappa shape index (κ3) is 3.69. The maximum Gasteiger partial charge on any atom is 0.234 e. The molecule has 0 aliphatic rings. The summed E-state index contributed by atoms with van der Waals surface area (Å²) in [5, 5.41) is 8.87. The first-order chi connectivity index (χ1) is 6.83. The van der Waals surface area contributed by atoms with E-state index in [1.165, 1.54) is 6.39 Å².